The molecule has 8 heteroatoms. The Morgan fingerprint density at radius 1 is 1.23 bits per heavy atom. The molecule has 0 aliphatic carbocycles. The maximum absolute atomic E-state index is 13.3. The van der Waals surface area contributed by atoms with Crippen molar-refractivity contribution in [1.29, 1.82) is 0 Å². The van der Waals surface area contributed by atoms with Crippen molar-refractivity contribution >= 4 is 29.9 Å². The van der Waals surface area contributed by atoms with E-state index >= 15 is 0 Å². The van der Waals surface area contributed by atoms with E-state index in [0.29, 0.717) is 12.6 Å². The van der Waals surface area contributed by atoms with Crippen LogP contribution < -0.4 is 5.32 Å². The molecule has 1 heterocycles. The Balaban J connectivity index is 0.00000450. The first-order valence-corrected chi connectivity index (χ1v) is 10.6. The van der Waals surface area contributed by atoms with Crippen LogP contribution in [0.3, 0.4) is 0 Å². The molecule has 1 N–H and O–H groups in total. The van der Waals surface area contributed by atoms with Gasteiger partial charge in [-0.1, -0.05) is 12.1 Å². The minimum absolute atomic E-state index is 0. The molecule has 2 rings (SSSR count). The van der Waals surface area contributed by atoms with Gasteiger partial charge in [0.05, 0.1) is 18.7 Å². The summed E-state index contributed by atoms with van der Waals surface area (Å²) in [5, 5.41) is 3.42. The second kappa shape index (κ2) is 14.9. The van der Waals surface area contributed by atoms with E-state index in [1.54, 1.807) is 7.11 Å². The molecule has 1 fully saturated rings. The summed E-state index contributed by atoms with van der Waals surface area (Å²) in [7, 11) is 5.78. The van der Waals surface area contributed by atoms with Gasteiger partial charge in [0, 0.05) is 40.0 Å². The number of methoxy groups -OCH3 is 1. The summed E-state index contributed by atoms with van der Waals surface area (Å²) in [6.07, 6.45) is 3.27. The molecule has 1 aliphatic heterocycles. The lowest BCUT2D eigenvalue weighted by molar-refractivity contribution is 0.00989. The van der Waals surface area contributed by atoms with E-state index in [-0.39, 0.29) is 35.8 Å². The third kappa shape index (κ3) is 9.03. The van der Waals surface area contributed by atoms with Crippen LogP contribution in [0.5, 0.6) is 0 Å². The first kappa shape index (κ1) is 27.1. The molecule has 1 aliphatic rings. The number of hydrogen-bond donors (Lipinski definition) is 1. The summed E-state index contributed by atoms with van der Waals surface area (Å²) in [4.78, 5) is 9.35. The number of piperidine rings is 1. The van der Waals surface area contributed by atoms with Crippen LogP contribution in [0.2, 0.25) is 0 Å². The average molecular weight is 536 g/mol. The molecule has 0 amide bonds. The SMILES string of the molecule is CCNC(=NCC(c1ccc(F)cc1)N(C)C)N1CCC(OCCCOC)CC1.I. The Hall–Kier alpha value is -0.970. The van der Waals surface area contributed by atoms with Gasteiger partial charge in [0.2, 0.25) is 0 Å². The molecule has 0 saturated carbocycles. The number of likely N-dealkylation sites (tertiary alicyclic amines) is 1. The first-order valence-electron chi connectivity index (χ1n) is 10.6. The molecular formula is C22H38FIN4O2. The highest BCUT2D eigenvalue weighted by molar-refractivity contribution is 14.0. The van der Waals surface area contributed by atoms with Gasteiger partial charge in [-0.25, -0.2) is 4.39 Å². The molecule has 6 nitrogen and oxygen atoms in total. The fourth-order valence-corrected chi connectivity index (χ4v) is 3.54. The van der Waals surface area contributed by atoms with Crippen molar-refractivity contribution in [1.82, 2.24) is 15.1 Å². The zero-order chi connectivity index (χ0) is 21.1. The van der Waals surface area contributed by atoms with Gasteiger partial charge in [0.1, 0.15) is 5.82 Å². The molecule has 30 heavy (non-hydrogen) atoms. The Labute approximate surface area is 198 Å². The van der Waals surface area contributed by atoms with Crippen LogP contribution >= 0.6 is 24.0 Å². The van der Waals surface area contributed by atoms with Crippen molar-refractivity contribution in [2.24, 2.45) is 4.99 Å². The number of hydrogen-bond acceptors (Lipinski definition) is 4. The van der Waals surface area contributed by atoms with Crippen LogP contribution in [-0.4, -0.2) is 82.5 Å². The van der Waals surface area contributed by atoms with Gasteiger partial charge in [-0.2, -0.15) is 0 Å². The zero-order valence-electron chi connectivity index (χ0n) is 18.8. The number of nitrogens with zero attached hydrogens (tertiary/aromatic N) is 3. The minimum Gasteiger partial charge on any atom is -0.385 e. The average Bonchev–Trinajstić information content (AvgIpc) is 2.72. The third-order valence-corrected chi connectivity index (χ3v) is 5.21. The van der Waals surface area contributed by atoms with E-state index in [1.165, 1.54) is 12.1 Å². The summed E-state index contributed by atoms with van der Waals surface area (Å²) in [5.74, 6) is 0.731. The number of ether oxygens (including phenoxy) is 2. The van der Waals surface area contributed by atoms with E-state index < -0.39 is 0 Å². The normalized spacial score (nSPS) is 16.5. The van der Waals surface area contributed by atoms with Gasteiger partial charge in [-0.3, -0.25) is 4.99 Å². The van der Waals surface area contributed by atoms with Gasteiger partial charge in [0.25, 0.3) is 0 Å². The number of likely N-dealkylation sites (N-methyl/N-ethyl adjacent to an activating group) is 1. The maximum atomic E-state index is 13.3. The molecule has 0 aromatic heterocycles. The summed E-state index contributed by atoms with van der Waals surface area (Å²) in [6, 6.07) is 6.81. The number of rotatable bonds is 10. The van der Waals surface area contributed by atoms with Crippen molar-refractivity contribution in [3.8, 4) is 0 Å². The van der Waals surface area contributed by atoms with Gasteiger partial charge >= 0.3 is 0 Å². The molecule has 0 spiro atoms. The number of guanidine groups is 1. The highest BCUT2D eigenvalue weighted by atomic mass is 127. The van der Waals surface area contributed by atoms with Crippen molar-refractivity contribution in [2.75, 3.05) is 60.6 Å². The fraction of sp³-hybridized carbons (Fsp3) is 0.682. The van der Waals surface area contributed by atoms with Crippen molar-refractivity contribution in [3.63, 3.8) is 0 Å². The van der Waals surface area contributed by atoms with E-state index in [1.807, 2.05) is 26.2 Å². The van der Waals surface area contributed by atoms with Gasteiger partial charge < -0.3 is 24.6 Å². The largest absolute Gasteiger partial charge is 0.385 e. The summed E-state index contributed by atoms with van der Waals surface area (Å²) >= 11 is 0. The van der Waals surface area contributed by atoms with E-state index in [4.69, 9.17) is 14.5 Å². The smallest absolute Gasteiger partial charge is 0.193 e. The van der Waals surface area contributed by atoms with Gasteiger partial charge in [-0.15, -0.1) is 24.0 Å². The van der Waals surface area contributed by atoms with Gasteiger partial charge in [-0.05, 0) is 58.0 Å². The second-order valence-corrected chi connectivity index (χ2v) is 7.63. The number of nitrogens with one attached hydrogen (secondary N) is 1. The summed E-state index contributed by atoms with van der Waals surface area (Å²) in [5.41, 5.74) is 1.07. The molecule has 1 unspecified atom stereocenters. The molecule has 0 bridgehead atoms. The summed E-state index contributed by atoms with van der Waals surface area (Å²) < 4.78 is 24.3. The van der Waals surface area contributed by atoms with Crippen LogP contribution in [0.25, 0.3) is 0 Å². The van der Waals surface area contributed by atoms with Crippen LogP contribution in [0.15, 0.2) is 29.3 Å². The van der Waals surface area contributed by atoms with Crippen molar-refractivity contribution < 1.29 is 13.9 Å². The third-order valence-electron chi connectivity index (χ3n) is 5.21. The van der Waals surface area contributed by atoms with E-state index in [9.17, 15) is 4.39 Å². The Kier molecular flexibility index (Phi) is 13.5. The molecule has 1 aromatic rings. The zero-order valence-corrected chi connectivity index (χ0v) is 21.1. The topological polar surface area (TPSA) is 49.3 Å². The monoisotopic (exact) mass is 536 g/mol. The van der Waals surface area contributed by atoms with Crippen LogP contribution in [-0.2, 0) is 9.47 Å². The van der Waals surface area contributed by atoms with Crippen molar-refractivity contribution in [2.45, 2.75) is 38.3 Å². The molecule has 0 radical (unpaired) electrons. The predicted octanol–water partition coefficient (Wildman–Crippen LogP) is 3.53. The molecule has 1 atom stereocenters. The number of halogens is 2. The standard InChI is InChI=1S/C22H37FN4O2.HI/c1-5-24-22(27-13-11-20(12-14-27)29-16-6-15-28-4)25-17-21(26(2)3)18-7-9-19(23)10-8-18;/h7-10,20-21H,5-6,11-17H2,1-4H3,(H,24,25);1H. The number of aliphatic imine (C=N–C) groups is 1. The molecule has 1 aromatic carbocycles. The summed E-state index contributed by atoms with van der Waals surface area (Å²) in [6.45, 7) is 6.91. The van der Waals surface area contributed by atoms with E-state index in [2.05, 4.69) is 22.0 Å². The van der Waals surface area contributed by atoms with Crippen molar-refractivity contribution in [3.05, 3.63) is 35.6 Å². The lowest BCUT2D eigenvalue weighted by Gasteiger charge is -2.34. The predicted molar refractivity (Wildman–Crippen MR) is 131 cm³/mol. The quantitative estimate of drug-likeness (QED) is 0.215. The molecule has 1 saturated heterocycles. The lowest BCUT2D eigenvalue weighted by Crippen LogP contribution is -2.47. The van der Waals surface area contributed by atoms with E-state index in [0.717, 1.165) is 63.6 Å². The Bertz CT molecular complexity index is 608. The minimum atomic E-state index is -0.213. The Morgan fingerprint density at radius 3 is 2.47 bits per heavy atom. The number of benzene rings is 1. The van der Waals surface area contributed by atoms with Gasteiger partial charge in [0.15, 0.2) is 5.96 Å². The van der Waals surface area contributed by atoms with Crippen LogP contribution in [0.1, 0.15) is 37.8 Å². The molecule has 172 valence electrons. The Morgan fingerprint density at radius 2 is 1.90 bits per heavy atom. The second-order valence-electron chi connectivity index (χ2n) is 7.63. The maximum Gasteiger partial charge on any atom is 0.193 e. The highest BCUT2D eigenvalue weighted by Gasteiger charge is 2.22. The highest BCUT2D eigenvalue weighted by Crippen LogP contribution is 2.20. The van der Waals surface area contributed by atoms with Crippen LogP contribution in [0.4, 0.5) is 4.39 Å². The first-order chi connectivity index (χ1) is 14.0. The fourth-order valence-electron chi connectivity index (χ4n) is 3.54. The lowest BCUT2D eigenvalue weighted by atomic mass is 10.1. The van der Waals surface area contributed by atoms with Crippen LogP contribution in [0, 0.1) is 5.82 Å². The molecular weight excluding hydrogens is 498 g/mol.